The van der Waals surface area contributed by atoms with Gasteiger partial charge in [0.05, 0.1) is 0 Å². The number of hydrogen-bond acceptors (Lipinski definition) is 3. The topological polar surface area (TPSA) is 30.5 Å². The van der Waals surface area contributed by atoms with Gasteiger partial charge in [-0.1, -0.05) is 60.7 Å². The van der Waals surface area contributed by atoms with Gasteiger partial charge >= 0.3 is 0 Å². The zero-order chi connectivity index (χ0) is 13.5. The van der Waals surface area contributed by atoms with Gasteiger partial charge in [0.15, 0.2) is 0 Å². The molecule has 0 bridgehead atoms. The Balaban J connectivity index is 2.13. The molecular formula is C16H19NO2. The molecule has 0 aliphatic heterocycles. The Morgan fingerprint density at radius 2 is 1.05 bits per heavy atom. The Bertz CT molecular complexity index is 427. The molecular weight excluding hydrogens is 238 g/mol. The van der Waals surface area contributed by atoms with Crippen LogP contribution in [0.2, 0.25) is 0 Å². The normalized spacial score (nSPS) is 14.0. The van der Waals surface area contributed by atoms with Crippen LogP contribution in [0.5, 0.6) is 0 Å². The molecule has 0 fully saturated rings. The van der Waals surface area contributed by atoms with E-state index >= 15 is 0 Å². The molecule has 0 spiro atoms. The van der Waals surface area contributed by atoms with Gasteiger partial charge in [-0.15, -0.1) is 0 Å². The molecule has 0 aliphatic carbocycles. The van der Waals surface area contributed by atoms with Crippen LogP contribution in [0, 0.1) is 0 Å². The second kappa shape index (κ2) is 7.04. The van der Waals surface area contributed by atoms with Crippen LogP contribution in [0.15, 0.2) is 60.7 Å². The fourth-order valence-electron chi connectivity index (χ4n) is 1.99. The molecule has 0 saturated heterocycles. The van der Waals surface area contributed by atoms with E-state index in [1.54, 1.807) is 14.2 Å². The van der Waals surface area contributed by atoms with Gasteiger partial charge in [-0.2, -0.15) is 0 Å². The second-order valence-corrected chi connectivity index (χ2v) is 4.22. The minimum absolute atomic E-state index is 0.202. The summed E-state index contributed by atoms with van der Waals surface area (Å²) in [7, 11) is 3.37. The molecule has 0 aliphatic rings. The average molecular weight is 257 g/mol. The van der Waals surface area contributed by atoms with Gasteiger partial charge in [0.2, 0.25) is 0 Å². The fraction of sp³-hybridized carbons (Fsp3) is 0.250. The van der Waals surface area contributed by atoms with Crippen LogP contribution in [-0.4, -0.2) is 14.2 Å². The average Bonchev–Trinajstić information content (AvgIpc) is 2.50. The quantitative estimate of drug-likeness (QED) is 0.806. The van der Waals surface area contributed by atoms with Crippen molar-refractivity contribution in [2.45, 2.75) is 12.5 Å². The highest BCUT2D eigenvalue weighted by atomic mass is 16.5. The van der Waals surface area contributed by atoms with Crippen LogP contribution >= 0.6 is 0 Å². The van der Waals surface area contributed by atoms with E-state index in [4.69, 9.17) is 9.47 Å². The first kappa shape index (κ1) is 13.7. The number of nitrogens with one attached hydrogen (secondary N) is 1. The maximum atomic E-state index is 5.50. The molecule has 100 valence electrons. The summed E-state index contributed by atoms with van der Waals surface area (Å²) in [5, 5.41) is 3.34. The molecule has 0 saturated carbocycles. The Hall–Kier alpha value is -1.68. The highest BCUT2D eigenvalue weighted by molar-refractivity contribution is 5.20. The second-order valence-electron chi connectivity index (χ2n) is 4.22. The van der Waals surface area contributed by atoms with Crippen molar-refractivity contribution >= 4 is 0 Å². The molecule has 2 atom stereocenters. The molecule has 19 heavy (non-hydrogen) atoms. The van der Waals surface area contributed by atoms with Gasteiger partial charge in [-0.05, 0) is 11.1 Å². The standard InChI is InChI=1S/C16H19NO2/c1-18-15(13-9-5-3-6-10-13)17-16(19-2)14-11-7-4-8-12-14/h3-12,15-17H,1-2H3. The van der Waals surface area contributed by atoms with E-state index in [1.807, 2.05) is 60.7 Å². The summed E-state index contributed by atoms with van der Waals surface area (Å²) in [4.78, 5) is 0. The largest absolute Gasteiger partial charge is 0.362 e. The molecule has 0 amide bonds. The monoisotopic (exact) mass is 257 g/mol. The van der Waals surface area contributed by atoms with Gasteiger partial charge in [0.1, 0.15) is 12.5 Å². The van der Waals surface area contributed by atoms with Crippen LogP contribution in [0.3, 0.4) is 0 Å². The molecule has 0 heterocycles. The predicted octanol–water partition coefficient (Wildman–Crippen LogP) is 3.27. The van der Waals surface area contributed by atoms with Gasteiger partial charge in [0, 0.05) is 14.2 Å². The summed E-state index contributed by atoms with van der Waals surface area (Å²) in [5.74, 6) is 0. The molecule has 1 N–H and O–H groups in total. The van der Waals surface area contributed by atoms with E-state index in [-0.39, 0.29) is 12.5 Å². The SMILES string of the molecule is COC(NC(OC)c1ccccc1)c1ccccc1. The van der Waals surface area contributed by atoms with Gasteiger partial charge < -0.3 is 9.47 Å². The van der Waals surface area contributed by atoms with Crippen LogP contribution in [0.4, 0.5) is 0 Å². The van der Waals surface area contributed by atoms with E-state index in [0.717, 1.165) is 11.1 Å². The molecule has 0 aromatic heterocycles. The van der Waals surface area contributed by atoms with E-state index in [9.17, 15) is 0 Å². The van der Waals surface area contributed by atoms with Crippen LogP contribution < -0.4 is 5.32 Å². The highest BCUT2D eigenvalue weighted by Gasteiger charge is 2.17. The number of benzene rings is 2. The first-order chi connectivity index (χ1) is 9.35. The van der Waals surface area contributed by atoms with Crippen molar-refractivity contribution in [1.29, 1.82) is 0 Å². The van der Waals surface area contributed by atoms with Crippen LogP contribution in [-0.2, 0) is 9.47 Å². The van der Waals surface area contributed by atoms with Crippen molar-refractivity contribution < 1.29 is 9.47 Å². The van der Waals surface area contributed by atoms with Crippen molar-refractivity contribution in [3.05, 3.63) is 71.8 Å². The lowest BCUT2D eigenvalue weighted by Crippen LogP contribution is -2.28. The maximum Gasteiger partial charge on any atom is 0.136 e. The molecule has 0 radical (unpaired) electrons. The third-order valence-electron chi connectivity index (χ3n) is 2.98. The van der Waals surface area contributed by atoms with Crippen molar-refractivity contribution in [2.24, 2.45) is 0 Å². The highest BCUT2D eigenvalue weighted by Crippen LogP contribution is 2.20. The third kappa shape index (κ3) is 3.64. The van der Waals surface area contributed by atoms with Gasteiger partial charge in [-0.3, -0.25) is 5.32 Å². The predicted molar refractivity (Wildman–Crippen MR) is 75.5 cm³/mol. The van der Waals surface area contributed by atoms with Crippen molar-refractivity contribution in [3.8, 4) is 0 Å². The summed E-state index contributed by atoms with van der Waals surface area (Å²) in [6.45, 7) is 0. The molecule has 2 rings (SSSR count). The fourth-order valence-corrected chi connectivity index (χ4v) is 1.99. The zero-order valence-corrected chi connectivity index (χ0v) is 11.2. The summed E-state index contributed by atoms with van der Waals surface area (Å²) in [5.41, 5.74) is 2.14. The minimum atomic E-state index is -0.202. The minimum Gasteiger partial charge on any atom is -0.362 e. The number of ether oxygens (including phenoxy) is 2. The summed E-state index contributed by atoms with van der Waals surface area (Å²) in [6.07, 6.45) is -0.405. The Morgan fingerprint density at radius 1 is 0.684 bits per heavy atom. The first-order valence-corrected chi connectivity index (χ1v) is 6.26. The molecule has 2 aromatic rings. The smallest absolute Gasteiger partial charge is 0.136 e. The lowest BCUT2D eigenvalue weighted by Gasteiger charge is -2.24. The number of methoxy groups -OCH3 is 2. The van der Waals surface area contributed by atoms with Crippen molar-refractivity contribution in [3.63, 3.8) is 0 Å². The van der Waals surface area contributed by atoms with Crippen molar-refractivity contribution in [2.75, 3.05) is 14.2 Å². The molecule has 2 unspecified atom stereocenters. The zero-order valence-electron chi connectivity index (χ0n) is 11.2. The van der Waals surface area contributed by atoms with Crippen molar-refractivity contribution in [1.82, 2.24) is 5.32 Å². The number of rotatable bonds is 6. The Morgan fingerprint density at radius 3 is 1.37 bits per heavy atom. The summed E-state index contributed by atoms with van der Waals surface area (Å²) < 4.78 is 11.0. The third-order valence-corrected chi connectivity index (χ3v) is 2.98. The molecule has 3 heteroatoms. The Kier molecular flexibility index (Phi) is 5.10. The van der Waals surface area contributed by atoms with E-state index < -0.39 is 0 Å². The van der Waals surface area contributed by atoms with E-state index in [2.05, 4.69) is 5.32 Å². The molecule has 2 aromatic carbocycles. The Labute approximate surface area is 114 Å². The van der Waals surface area contributed by atoms with Crippen LogP contribution in [0.1, 0.15) is 23.6 Å². The first-order valence-electron chi connectivity index (χ1n) is 6.26. The van der Waals surface area contributed by atoms with Gasteiger partial charge in [-0.25, -0.2) is 0 Å². The van der Waals surface area contributed by atoms with Gasteiger partial charge in [0.25, 0.3) is 0 Å². The molecule has 3 nitrogen and oxygen atoms in total. The number of hydrogen-bond donors (Lipinski definition) is 1. The van der Waals surface area contributed by atoms with Crippen LogP contribution in [0.25, 0.3) is 0 Å². The lowest BCUT2D eigenvalue weighted by molar-refractivity contribution is -0.0122. The summed E-state index contributed by atoms with van der Waals surface area (Å²) in [6, 6.07) is 20.1. The maximum absolute atomic E-state index is 5.50. The lowest BCUT2D eigenvalue weighted by atomic mass is 10.1. The summed E-state index contributed by atoms with van der Waals surface area (Å²) >= 11 is 0. The van der Waals surface area contributed by atoms with E-state index in [0.29, 0.717) is 0 Å². The van der Waals surface area contributed by atoms with E-state index in [1.165, 1.54) is 0 Å².